The van der Waals surface area contributed by atoms with Gasteiger partial charge in [-0.15, -0.1) is 0 Å². The number of nitrogens with one attached hydrogen (secondary N) is 1. The van der Waals surface area contributed by atoms with E-state index in [1.165, 1.54) is 10.2 Å². The van der Waals surface area contributed by atoms with Crippen LogP contribution in [0.15, 0.2) is 54.9 Å². The predicted molar refractivity (Wildman–Crippen MR) is 138 cm³/mol. The molecule has 3 aromatic rings. The van der Waals surface area contributed by atoms with Gasteiger partial charge in [0.15, 0.2) is 5.82 Å². The van der Waals surface area contributed by atoms with Crippen LogP contribution in [0.3, 0.4) is 0 Å². The lowest BCUT2D eigenvalue weighted by molar-refractivity contribution is -0.137. The van der Waals surface area contributed by atoms with Crippen LogP contribution >= 0.6 is 0 Å². The Bertz CT molecular complexity index is 1250. The first-order valence-corrected chi connectivity index (χ1v) is 12.5. The van der Waals surface area contributed by atoms with E-state index in [9.17, 15) is 14.4 Å². The van der Waals surface area contributed by atoms with Gasteiger partial charge in [0.25, 0.3) is 11.8 Å². The molecule has 2 aromatic heterocycles. The number of nitrogens with two attached hydrogens (primary N) is 1. The number of Topliss-reactive ketones (excluding diaryl/α,β-unsaturated/α-hetero) is 1. The van der Waals surface area contributed by atoms with Crippen molar-refractivity contribution in [2.24, 2.45) is 5.73 Å². The summed E-state index contributed by atoms with van der Waals surface area (Å²) in [5.74, 6) is -2.09. The molecule has 4 rings (SSSR count). The molecule has 1 atom stereocenters. The summed E-state index contributed by atoms with van der Waals surface area (Å²) >= 11 is 0. The van der Waals surface area contributed by atoms with E-state index < -0.39 is 23.6 Å². The molecule has 194 valence electrons. The van der Waals surface area contributed by atoms with Gasteiger partial charge in [0.2, 0.25) is 5.78 Å². The minimum absolute atomic E-state index is 0.233. The summed E-state index contributed by atoms with van der Waals surface area (Å²) in [6.07, 6.45) is 5.11. The first-order chi connectivity index (χ1) is 18.0. The number of ketones is 1. The molecule has 1 fully saturated rings. The largest absolute Gasteiger partial charge is 0.379 e. The summed E-state index contributed by atoms with van der Waals surface area (Å²) in [6, 6.07) is 12.3. The van der Waals surface area contributed by atoms with Crippen molar-refractivity contribution in [1.29, 1.82) is 0 Å². The smallest absolute Gasteiger partial charge is 0.287 e. The lowest BCUT2D eigenvalue weighted by atomic mass is 10.0. The van der Waals surface area contributed by atoms with E-state index >= 15 is 0 Å². The Labute approximate surface area is 215 Å². The first kappa shape index (κ1) is 26.2. The molecule has 1 aliphatic rings. The summed E-state index contributed by atoms with van der Waals surface area (Å²) in [5.41, 5.74) is 8.31. The van der Waals surface area contributed by atoms with Gasteiger partial charge in [-0.3, -0.25) is 19.3 Å². The number of unbranched alkanes of at least 4 members (excludes halogenated alkanes) is 1. The number of pyridine rings is 1. The van der Waals surface area contributed by atoms with E-state index in [0.717, 1.165) is 50.5 Å². The maximum absolute atomic E-state index is 13.1. The minimum Gasteiger partial charge on any atom is -0.379 e. The van der Waals surface area contributed by atoms with Crippen LogP contribution in [0.2, 0.25) is 0 Å². The number of nitrogens with zero attached hydrogens (tertiary/aromatic N) is 4. The highest BCUT2D eigenvalue weighted by Gasteiger charge is 2.26. The molecule has 1 unspecified atom stereocenters. The number of hydrogen-bond donors (Lipinski definition) is 2. The van der Waals surface area contributed by atoms with E-state index in [4.69, 9.17) is 10.5 Å². The molecular formula is C27H32N6O4. The zero-order chi connectivity index (χ0) is 26.2. The van der Waals surface area contributed by atoms with E-state index in [-0.39, 0.29) is 5.56 Å². The Morgan fingerprint density at radius 3 is 2.70 bits per heavy atom. The number of primary amides is 1. The lowest BCUT2D eigenvalue weighted by Gasteiger charge is -2.26. The highest BCUT2D eigenvalue weighted by molar-refractivity contribution is 6.38. The molecule has 0 bridgehead atoms. The molecular weight excluding hydrogens is 472 g/mol. The number of morpholine rings is 1. The minimum atomic E-state index is -1.07. The number of benzene rings is 1. The molecule has 37 heavy (non-hydrogen) atoms. The van der Waals surface area contributed by atoms with Crippen LogP contribution in [0.4, 0.5) is 0 Å². The van der Waals surface area contributed by atoms with Crippen LogP contribution in [0.1, 0.15) is 42.1 Å². The second kappa shape index (κ2) is 12.4. The van der Waals surface area contributed by atoms with Gasteiger partial charge in [-0.2, -0.15) is 5.10 Å². The Balaban J connectivity index is 1.54. The van der Waals surface area contributed by atoms with Crippen LogP contribution in [0, 0.1) is 0 Å². The summed E-state index contributed by atoms with van der Waals surface area (Å²) in [7, 11) is 0. The fourth-order valence-electron chi connectivity index (χ4n) is 4.28. The second-order valence-electron chi connectivity index (χ2n) is 9.01. The Morgan fingerprint density at radius 1 is 1.14 bits per heavy atom. The molecule has 0 radical (unpaired) electrons. The van der Waals surface area contributed by atoms with Crippen LogP contribution in [-0.2, 0) is 20.9 Å². The molecule has 0 aliphatic carbocycles. The van der Waals surface area contributed by atoms with Crippen LogP contribution in [0.25, 0.3) is 17.1 Å². The number of carbonyl (C=O) groups is 3. The van der Waals surface area contributed by atoms with Gasteiger partial charge in [0.05, 0.1) is 30.5 Å². The van der Waals surface area contributed by atoms with E-state index in [1.807, 2.05) is 25.1 Å². The molecule has 1 aromatic carbocycles. The average Bonchev–Trinajstić information content (AvgIpc) is 3.41. The van der Waals surface area contributed by atoms with Crippen molar-refractivity contribution in [2.75, 3.05) is 26.3 Å². The number of amides is 2. The van der Waals surface area contributed by atoms with Gasteiger partial charge in [-0.25, -0.2) is 9.67 Å². The maximum Gasteiger partial charge on any atom is 0.287 e. The monoisotopic (exact) mass is 504 g/mol. The standard InChI is InChI=1S/C27H32N6O4/c1-2-3-9-23(24(34)25(28)35)30-27(36)21-8-5-11-29-26(21)33-12-10-22(31-33)20-7-4-6-19(17-20)18-32-13-15-37-16-14-32/h4-8,10-12,17,23H,2-3,9,13-16,18H2,1H3,(H2,28,35)(H,30,36). The maximum atomic E-state index is 13.1. The van der Waals surface area contributed by atoms with Gasteiger partial charge < -0.3 is 15.8 Å². The number of rotatable bonds is 11. The quantitative estimate of drug-likeness (QED) is 0.382. The van der Waals surface area contributed by atoms with E-state index in [0.29, 0.717) is 18.7 Å². The van der Waals surface area contributed by atoms with Crippen molar-refractivity contribution in [3.8, 4) is 17.1 Å². The zero-order valence-electron chi connectivity index (χ0n) is 20.9. The van der Waals surface area contributed by atoms with Gasteiger partial charge in [-0.05, 0) is 36.2 Å². The van der Waals surface area contributed by atoms with Gasteiger partial charge >= 0.3 is 0 Å². The topological polar surface area (TPSA) is 132 Å². The summed E-state index contributed by atoms with van der Waals surface area (Å²) in [6.45, 7) is 6.12. The molecule has 3 N–H and O–H groups in total. The summed E-state index contributed by atoms with van der Waals surface area (Å²) in [5, 5.41) is 7.33. The number of carbonyl (C=O) groups excluding carboxylic acids is 3. The number of aromatic nitrogens is 3. The first-order valence-electron chi connectivity index (χ1n) is 12.5. The lowest BCUT2D eigenvalue weighted by Crippen LogP contribution is -2.46. The van der Waals surface area contributed by atoms with Crippen molar-refractivity contribution < 1.29 is 19.1 Å². The molecule has 1 aliphatic heterocycles. The van der Waals surface area contributed by atoms with Crippen molar-refractivity contribution in [3.63, 3.8) is 0 Å². The average molecular weight is 505 g/mol. The normalized spacial score (nSPS) is 14.7. The molecule has 3 heterocycles. The van der Waals surface area contributed by atoms with Gasteiger partial charge in [0.1, 0.15) is 0 Å². The van der Waals surface area contributed by atoms with E-state index in [1.54, 1.807) is 24.5 Å². The third-order valence-corrected chi connectivity index (χ3v) is 6.28. The number of hydrogen-bond acceptors (Lipinski definition) is 7. The third kappa shape index (κ3) is 6.66. The van der Waals surface area contributed by atoms with Crippen molar-refractivity contribution in [1.82, 2.24) is 25.0 Å². The molecule has 10 nitrogen and oxygen atoms in total. The molecule has 2 amide bonds. The fraction of sp³-hybridized carbons (Fsp3) is 0.370. The Morgan fingerprint density at radius 2 is 1.95 bits per heavy atom. The van der Waals surface area contributed by atoms with Gasteiger partial charge in [-0.1, -0.05) is 38.0 Å². The predicted octanol–water partition coefficient (Wildman–Crippen LogP) is 2.11. The molecule has 0 spiro atoms. The van der Waals surface area contributed by atoms with Crippen molar-refractivity contribution in [2.45, 2.75) is 38.8 Å². The fourth-order valence-corrected chi connectivity index (χ4v) is 4.28. The SMILES string of the molecule is CCCCC(NC(=O)c1cccnc1-n1ccc(-c2cccc(CN3CCOCC3)c2)n1)C(=O)C(N)=O. The van der Waals surface area contributed by atoms with Gasteiger partial charge in [0, 0.05) is 37.6 Å². The van der Waals surface area contributed by atoms with Crippen molar-refractivity contribution >= 4 is 17.6 Å². The van der Waals surface area contributed by atoms with Crippen LogP contribution in [0.5, 0.6) is 0 Å². The summed E-state index contributed by atoms with van der Waals surface area (Å²) < 4.78 is 6.97. The molecule has 1 saturated heterocycles. The van der Waals surface area contributed by atoms with Crippen LogP contribution < -0.4 is 11.1 Å². The highest BCUT2D eigenvalue weighted by Crippen LogP contribution is 2.21. The molecule has 0 saturated carbocycles. The zero-order valence-corrected chi connectivity index (χ0v) is 20.9. The molecule has 10 heteroatoms. The Hall–Kier alpha value is -3.89. The van der Waals surface area contributed by atoms with Crippen molar-refractivity contribution in [3.05, 3.63) is 66.0 Å². The van der Waals surface area contributed by atoms with Crippen LogP contribution in [-0.4, -0.2) is 69.6 Å². The summed E-state index contributed by atoms with van der Waals surface area (Å²) in [4.78, 5) is 43.6. The van der Waals surface area contributed by atoms with E-state index in [2.05, 4.69) is 32.4 Å². The highest BCUT2D eigenvalue weighted by atomic mass is 16.5. The third-order valence-electron chi connectivity index (χ3n) is 6.28. The Kier molecular flexibility index (Phi) is 8.76. The second-order valence-corrected chi connectivity index (χ2v) is 9.01. The number of ether oxygens (including phenoxy) is 1.